The third-order valence-electron chi connectivity index (χ3n) is 5.33. The predicted octanol–water partition coefficient (Wildman–Crippen LogP) is 3.42. The van der Waals surface area contributed by atoms with Crippen molar-refractivity contribution in [2.45, 2.75) is 19.5 Å². The minimum atomic E-state index is -0.761. The van der Waals surface area contributed by atoms with Crippen LogP contribution in [0, 0.1) is 6.92 Å². The van der Waals surface area contributed by atoms with Crippen LogP contribution >= 0.6 is 0 Å². The fourth-order valence-corrected chi connectivity index (χ4v) is 3.79. The van der Waals surface area contributed by atoms with Crippen molar-refractivity contribution >= 4 is 17.4 Å². The van der Waals surface area contributed by atoms with Gasteiger partial charge in [-0.25, -0.2) is 0 Å². The lowest BCUT2D eigenvalue weighted by atomic mass is 9.94. The third-order valence-corrected chi connectivity index (χ3v) is 5.33. The molecule has 0 saturated carbocycles. The van der Waals surface area contributed by atoms with Crippen LogP contribution in [0.1, 0.15) is 28.3 Å². The molecule has 1 unspecified atom stereocenters. The first-order valence-electron chi connectivity index (χ1n) is 9.73. The molecule has 7 nitrogen and oxygen atoms in total. The van der Waals surface area contributed by atoms with E-state index in [9.17, 15) is 14.7 Å². The molecule has 1 aliphatic rings. The normalized spacial score (nSPS) is 17.7. The highest BCUT2D eigenvalue weighted by Gasteiger charge is 2.46. The average molecular weight is 415 g/mol. The van der Waals surface area contributed by atoms with Crippen molar-refractivity contribution in [1.29, 1.82) is 0 Å². The standard InChI is InChI=1S/C24H21N3O4/c1-15-12-18(31-2)5-6-19(15)22(28)20-21(17-4-3-9-26-13-17)27(24(30)23(20)29)14-16-7-10-25-11-8-16/h3-13,21,28H,14H2,1-2H3/b22-20-. The molecule has 3 aromatic rings. The number of pyridine rings is 2. The third kappa shape index (κ3) is 3.77. The Balaban J connectivity index is 1.86. The van der Waals surface area contributed by atoms with Gasteiger partial charge in [-0.2, -0.15) is 0 Å². The fraction of sp³-hybridized carbons (Fsp3) is 0.167. The second-order valence-corrected chi connectivity index (χ2v) is 7.25. The van der Waals surface area contributed by atoms with Gasteiger partial charge >= 0.3 is 0 Å². The maximum Gasteiger partial charge on any atom is 0.295 e. The Labute approximate surface area is 179 Å². The zero-order valence-electron chi connectivity index (χ0n) is 17.1. The highest BCUT2D eigenvalue weighted by atomic mass is 16.5. The Bertz CT molecular complexity index is 1160. The van der Waals surface area contributed by atoms with E-state index in [1.807, 2.05) is 6.92 Å². The average Bonchev–Trinajstić information content (AvgIpc) is 3.04. The van der Waals surface area contributed by atoms with Gasteiger partial charge in [0, 0.05) is 36.9 Å². The van der Waals surface area contributed by atoms with Crippen LogP contribution in [0.4, 0.5) is 0 Å². The van der Waals surface area contributed by atoms with Gasteiger partial charge in [0.25, 0.3) is 11.7 Å². The van der Waals surface area contributed by atoms with Crippen molar-refractivity contribution in [2.75, 3.05) is 7.11 Å². The molecule has 1 N–H and O–H groups in total. The maximum atomic E-state index is 13.1. The smallest absolute Gasteiger partial charge is 0.295 e. The van der Waals surface area contributed by atoms with Gasteiger partial charge in [0.15, 0.2) is 0 Å². The van der Waals surface area contributed by atoms with Gasteiger partial charge in [0.2, 0.25) is 0 Å². The topological polar surface area (TPSA) is 92.6 Å². The predicted molar refractivity (Wildman–Crippen MR) is 114 cm³/mol. The van der Waals surface area contributed by atoms with Gasteiger partial charge in [-0.15, -0.1) is 0 Å². The number of carbonyl (C=O) groups excluding carboxylic acids is 2. The number of nitrogens with zero attached hydrogens (tertiary/aromatic N) is 3. The van der Waals surface area contributed by atoms with E-state index in [0.29, 0.717) is 16.9 Å². The number of aryl methyl sites for hydroxylation is 1. The number of aliphatic hydroxyl groups excluding tert-OH is 1. The van der Waals surface area contributed by atoms with Gasteiger partial charge in [-0.3, -0.25) is 19.6 Å². The van der Waals surface area contributed by atoms with Crippen LogP contribution in [0.3, 0.4) is 0 Å². The van der Waals surface area contributed by atoms with Crippen LogP contribution in [-0.4, -0.2) is 38.8 Å². The number of hydrogen-bond acceptors (Lipinski definition) is 6. The van der Waals surface area contributed by atoms with E-state index in [0.717, 1.165) is 11.1 Å². The number of ketones is 1. The summed E-state index contributed by atoms with van der Waals surface area (Å²) in [4.78, 5) is 35.7. The van der Waals surface area contributed by atoms with Crippen molar-refractivity contribution in [3.8, 4) is 5.75 Å². The van der Waals surface area contributed by atoms with E-state index in [4.69, 9.17) is 4.74 Å². The Morgan fingerprint density at radius 3 is 2.52 bits per heavy atom. The largest absolute Gasteiger partial charge is 0.507 e. The van der Waals surface area contributed by atoms with E-state index in [1.165, 1.54) is 4.90 Å². The minimum absolute atomic E-state index is 0.0420. The van der Waals surface area contributed by atoms with Crippen LogP contribution in [0.2, 0.25) is 0 Å². The van der Waals surface area contributed by atoms with E-state index in [-0.39, 0.29) is 17.9 Å². The van der Waals surface area contributed by atoms with Crippen LogP contribution in [-0.2, 0) is 16.1 Å². The van der Waals surface area contributed by atoms with Crippen LogP contribution in [0.15, 0.2) is 72.8 Å². The first-order valence-corrected chi connectivity index (χ1v) is 9.73. The van der Waals surface area contributed by atoms with Crippen molar-refractivity contribution in [3.05, 3.63) is 95.1 Å². The monoisotopic (exact) mass is 415 g/mol. The van der Waals surface area contributed by atoms with Gasteiger partial charge in [-0.1, -0.05) is 6.07 Å². The van der Waals surface area contributed by atoms with Gasteiger partial charge in [-0.05, 0) is 60.0 Å². The minimum Gasteiger partial charge on any atom is -0.507 e. The lowest BCUT2D eigenvalue weighted by molar-refractivity contribution is -0.140. The number of amides is 1. The molecule has 0 aliphatic carbocycles. The molecule has 1 saturated heterocycles. The fourth-order valence-electron chi connectivity index (χ4n) is 3.79. The Morgan fingerprint density at radius 1 is 1.10 bits per heavy atom. The molecule has 2 aromatic heterocycles. The molecule has 1 aromatic carbocycles. The van der Waals surface area contributed by atoms with E-state index in [1.54, 1.807) is 74.4 Å². The van der Waals surface area contributed by atoms with Gasteiger partial charge in [0.05, 0.1) is 18.7 Å². The summed E-state index contributed by atoms with van der Waals surface area (Å²) < 4.78 is 5.23. The highest BCUT2D eigenvalue weighted by molar-refractivity contribution is 6.46. The molecule has 3 heterocycles. The maximum absolute atomic E-state index is 13.1. The lowest BCUT2D eigenvalue weighted by Crippen LogP contribution is -2.29. The molecule has 1 atom stereocenters. The number of rotatable bonds is 5. The molecular formula is C24H21N3O4. The summed E-state index contributed by atoms with van der Waals surface area (Å²) in [6, 6.07) is 11.5. The first kappa shape index (κ1) is 20.3. The van der Waals surface area contributed by atoms with Gasteiger partial charge in [0.1, 0.15) is 11.5 Å². The first-order chi connectivity index (χ1) is 15.0. The summed E-state index contributed by atoms with van der Waals surface area (Å²) in [6.07, 6.45) is 6.48. The molecule has 156 valence electrons. The van der Waals surface area contributed by atoms with E-state index < -0.39 is 17.7 Å². The zero-order chi connectivity index (χ0) is 22.0. The molecule has 4 rings (SSSR count). The molecule has 0 spiro atoms. The highest BCUT2D eigenvalue weighted by Crippen LogP contribution is 2.40. The van der Waals surface area contributed by atoms with Crippen LogP contribution in [0.5, 0.6) is 5.75 Å². The summed E-state index contributed by atoms with van der Waals surface area (Å²) in [5.74, 6) is -0.977. The molecule has 0 radical (unpaired) electrons. The molecule has 1 aliphatic heterocycles. The second kappa shape index (κ2) is 8.39. The molecule has 31 heavy (non-hydrogen) atoms. The van der Waals surface area contributed by atoms with Crippen molar-refractivity contribution in [1.82, 2.24) is 14.9 Å². The number of ether oxygens (including phenoxy) is 1. The number of benzene rings is 1. The molecule has 1 fully saturated rings. The molecule has 0 bridgehead atoms. The Hall–Kier alpha value is -4.00. The SMILES string of the molecule is COc1ccc(/C(O)=C2/C(=O)C(=O)N(Cc3ccncc3)C2c2cccnc2)c(C)c1. The number of likely N-dealkylation sites (tertiary alicyclic amines) is 1. The van der Waals surface area contributed by atoms with Crippen LogP contribution < -0.4 is 4.74 Å². The Morgan fingerprint density at radius 2 is 1.87 bits per heavy atom. The summed E-state index contributed by atoms with van der Waals surface area (Å²) in [5, 5.41) is 11.2. The zero-order valence-corrected chi connectivity index (χ0v) is 17.1. The number of carbonyl (C=O) groups is 2. The van der Waals surface area contributed by atoms with Crippen LogP contribution in [0.25, 0.3) is 5.76 Å². The summed E-state index contributed by atoms with van der Waals surface area (Å²) in [7, 11) is 1.56. The second-order valence-electron chi connectivity index (χ2n) is 7.25. The number of methoxy groups -OCH3 is 1. The molecule has 1 amide bonds. The number of hydrogen-bond donors (Lipinski definition) is 1. The number of aromatic nitrogens is 2. The summed E-state index contributed by atoms with van der Waals surface area (Å²) in [5.41, 5.74) is 2.70. The van der Waals surface area contributed by atoms with Crippen molar-refractivity contribution in [2.24, 2.45) is 0 Å². The molecule has 7 heteroatoms. The summed E-state index contributed by atoms with van der Waals surface area (Å²) >= 11 is 0. The molecular weight excluding hydrogens is 394 g/mol. The van der Waals surface area contributed by atoms with E-state index >= 15 is 0 Å². The van der Waals surface area contributed by atoms with Crippen molar-refractivity contribution in [3.63, 3.8) is 0 Å². The van der Waals surface area contributed by atoms with E-state index in [2.05, 4.69) is 9.97 Å². The lowest BCUT2D eigenvalue weighted by Gasteiger charge is -2.25. The Kier molecular flexibility index (Phi) is 5.49. The number of Topliss-reactive ketones (excluding diaryl/α,β-unsaturated/α-hetero) is 1. The van der Waals surface area contributed by atoms with Gasteiger partial charge < -0.3 is 14.7 Å². The number of aliphatic hydroxyl groups is 1. The summed E-state index contributed by atoms with van der Waals surface area (Å²) in [6.45, 7) is 2.01. The quantitative estimate of drug-likeness (QED) is 0.390. The van der Waals surface area contributed by atoms with Crippen molar-refractivity contribution < 1.29 is 19.4 Å².